The average Bonchev–Trinajstić information content (AvgIpc) is 3.40. The lowest BCUT2D eigenvalue weighted by Gasteiger charge is -2.38. The number of thioether (sulfide) groups is 1. The Kier molecular flexibility index (Phi) is 6.11. The van der Waals surface area contributed by atoms with Crippen LogP contribution in [0.25, 0.3) is 0 Å². The van der Waals surface area contributed by atoms with E-state index in [-0.39, 0.29) is 17.3 Å². The zero-order chi connectivity index (χ0) is 26.5. The van der Waals surface area contributed by atoms with Gasteiger partial charge in [-0.15, -0.1) is 11.8 Å². The zero-order valence-corrected chi connectivity index (χ0v) is 21.2. The van der Waals surface area contributed by atoms with Crippen LogP contribution >= 0.6 is 11.8 Å². The van der Waals surface area contributed by atoms with Crippen molar-refractivity contribution in [1.29, 1.82) is 0 Å². The number of halogens is 3. The molecule has 0 radical (unpaired) electrons. The number of amides is 2. The summed E-state index contributed by atoms with van der Waals surface area (Å²) in [6.45, 7) is 3.45. The van der Waals surface area contributed by atoms with Crippen molar-refractivity contribution in [1.82, 2.24) is 4.90 Å². The largest absolute Gasteiger partial charge is 0.416 e. The van der Waals surface area contributed by atoms with Crippen LogP contribution in [0.4, 0.5) is 30.2 Å². The lowest BCUT2D eigenvalue weighted by Crippen LogP contribution is -2.54. The van der Waals surface area contributed by atoms with Crippen molar-refractivity contribution in [3.05, 3.63) is 90.0 Å². The van der Waals surface area contributed by atoms with Gasteiger partial charge in [-0.3, -0.25) is 24.3 Å². The number of rotatable bonds is 4. The van der Waals surface area contributed by atoms with Crippen LogP contribution in [-0.4, -0.2) is 55.3 Å². The highest BCUT2D eigenvalue weighted by Crippen LogP contribution is 2.56. The molecule has 6 rings (SSSR count). The first-order valence-corrected chi connectivity index (χ1v) is 13.4. The maximum Gasteiger partial charge on any atom is 0.416 e. The van der Waals surface area contributed by atoms with Gasteiger partial charge in [-0.1, -0.05) is 42.5 Å². The molecule has 0 N–H and O–H groups in total. The highest BCUT2D eigenvalue weighted by Gasteiger charge is 2.61. The SMILES string of the molecule is O=C1CS[C@@]2(C(=O)N(CN3CCN(c4ccccc4)CC3)c3ccccc32)N1c1cccc(C(F)(F)F)c1. The number of benzene rings is 3. The van der Waals surface area contributed by atoms with Crippen molar-refractivity contribution in [2.75, 3.05) is 53.3 Å². The molecule has 3 aromatic carbocycles. The topological polar surface area (TPSA) is 47.1 Å². The van der Waals surface area contributed by atoms with Crippen LogP contribution in [0, 0.1) is 0 Å². The van der Waals surface area contributed by atoms with E-state index < -0.39 is 22.5 Å². The van der Waals surface area contributed by atoms with Gasteiger partial charge in [0.1, 0.15) is 0 Å². The number of piperazine rings is 1. The van der Waals surface area contributed by atoms with E-state index in [1.165, 1.54) is 28.8 Å². The molecular weight excluding hydrogens is 513 g/mol. The summed E-state index contributed by atoms with van der Waals surface area (Å²) in [5.74, 6) is -0.701. The van der Waals surface area contributed by atoms with Crippen LogP contribution in [0.2, 0.25) is 0 Å². The molecule has 6 nitrogen and oxygen atoms in total. The Balaban J connectivity index is 1.30. The third kappa shape index (κ3) is 4.03. The Morgan fingerprint density at radius 3 is 2.24 bits per heavy atom. The van der Waals surface area contributed by atoms with Gasteiger partial charge in [-0.05, 0) is 36.4 Å². The number of para-hydroxylation sites is 2. The summed E-state index contributed by atoms with van der Waals surface area (Å²) in [4.78, 5) is 33.4. The number of alkyl halides is 3. The quantitative estimate of drug-likeness (QED) is 0.479. The van der Waals surface area contributed by atoms with E-state index in [0.29, 0.717) is 17.9 Å². The molecule has 0 aromatic heterocycles. The molecule has 2 saturated heterocycles. The van der Waals surface area contributed by atoms with Crippen molar-refractivity contribution >= 4 is 40.6 Å². The van der Waals surface area contributed by atoms with Gasteiger partial charge >= 0.3 is 6.18 Å². The molecule has 38 heavy (non-hydrogen) atoms. The summed E-state index contributed by atoms with van der Waals surface area (Å²) in [7, 11) is 0. The van der Waals surface area contributed by atoms with E-state index in [0.717, 1.165) is 44.0 Å². The van der Waals surface area contributed by atoms with Crippen molar-refractivity contribution in [3.8, 4) is 0 Å². The van der Waals surface area contributed by atoms with E-state index in [4.69, 9.17) is 0 Å². The molecule has 3 heterocycles. The lowest BCUT2D eigenvalue weighted by atomic mass is 10.0. The normalized spacial score (nSPS) is 22.0. The second-order valence-electron chi connectivity index (χ2n) is 9.54. The van der Waals surface area contributed by atoms with E-state index in [2.05, 4.69) is 21.9 Å². The third-order valence-corrected chi connectivity index (χ3v) is 8.72. The first kappa shape index (κ1) is 24.8. The monoisotopic (exact) mass is 538 g/mol. The van der Waals surface area contributed by atoms with Crippen molar-refractivity contribution < 1.29 is 22.8 Å². The molecule has 0 saturated carbocycles. The molecule has 3 aromatic rings. The van der Waals surface area contributed by atoms with Crippen LogP contribution in [-0.2, 0) is 20.6 Å². The first-order chi connectivity index (χ1) is 18.3. The van der Waals surface area contributed by atoms with Gasteiger partial charge in [0.2, 0.25) is 10.8 Å². The molecule has 1 spiro atoms. The second kappa shape index (κ2) is 9.36. The molecule has 2 fully saturated rings. The molecule has 196 valence electrons. The lowest BCUT2D eigenvalue weighted by molar-refractivity contribution is -0.137. The Morgan fingerprint density at radius 2 is 1.50 bits per heavy atom. The van der Waals surface area contributed by atoms with Gasteiger partial charge < -0.3 is 4.90 Å². The van der Waals surface area contributed by atoms with E-state index in [1.807, 2.05) is 30.3 Å². The number of nitrogens with zero attached hydrogens (tertiary/aromatic N) is 4. The van der Waals surface area contributed by atoms with Crippen LogP contribution < -0.4 is 14.7 Å². The maximum absolute atomic E-state index is 14.2. The molecule has 0 unspecified atom stereocenters. The minimum Gasteiger partial charge on any atom is -0.369 e. The fraction of sp³-hybridized carbons (Fsp3) is 0.286. The van der Waals surface area contributed by atoms with Crippen LogP contribution in [0.15, 0.2) is 78.9 Å². The number of anilines is 3. The highest BCUT2D eigenvalue weighted by molar-refractivity contribution is 8.02. The molecule has 10 heteroatoms. The fourth-order valence-electron chi connectivity index (χ4n) is 5.50. The Bertz CT molecular complexity index is 1380. The third-order valence-electron chi connectivity index (χ3n) is 7.33. The molecule has 2 amide bonds. The molecule has 0 aliphatic carbocycles. The minimum absolute atomic E-state index is 0.0000896. The summed E-state index contributed by atoms with van der Waals surface area (Å²) in [5, 5.41) is 0. The van der Waals surface area contributed by atoms with Crippen molar-refractivity contribution in [3.63, 3.8) is 0 Å². The summed E-state index contributed by atoms with van der Waals surface area (Å²) >= 11 is 1.17. The minimum atomic E-state index is -4.56. The molecular formula is C28H25F3N4O2S. The van der Waals surface area contributed by atoms with Gasteiger partial charge in [0.15, 0.2) is 0 Å². The fourth-order valence-corrected chi connectivity index (χ4v) is 6.86. The second-order valence-corrected chi connectivity index (χ2v) is 10.7. The smallest absolute Gasteiger partial charge is 0.369 e. The van der Waals surface area contributed by atoms with Gasteiger partial charge in [0.05, 0.1) is 23.7 Å². The van der Waals surface area contributed by atoms with Crippen molar-refractivity contribution in [2.24, 2.45) is 0 Å². The van der Waals surface area contributed by atoms with E-state index in [9.17, 15) is 22.8 Å². The maximum atomic E-state index is 14.2. The molecule has 3 aliphatic rings. The standard InChI is InChI=1S/C28H25F3N4O2S/c29-28(30,31)20-7-6-10-22(17-20)35-25(36)18-38-27(35)23-11-4-5-12-24(23)34(26(27)37)19-32-13-15-33(16-14-32)21-8-2-1-3-9-21/h1-12,17H,13-16,18-19H2/t27-/m0/s1. The number of carbonyl (C=O) groups excluding carboxylic acids is 2. The van der Waals surface area contributed by atoms with Crippen LogP contribution in [0.3, 0.4) is 0 Å². The molecule has 1 atom stereocenters. The number of carbonyl (C=O) groups is 2. The predicted octanol–water partition coefficient (Wildman–Crippen LogP) is 4.76. The Labute approximate surface area is 222 Å². The predicted molar refractivity (Wildman–Crippen MR) is 142 cm³/mol. The molecule has 3 aliphatic heterocycles. The number of fused-ring (bicyclic) bond motifs is 2. The summed E-state index contributed by atoms with van der Waals surface area (Å²) in [6.07, 6.45) is -4.56. The van der Waals surface area contributed by atoms with Crippen LogP contribution in [0.1, 0.15) is 11.1 Å². The van der Waals surface area contributed by atoms with Gasteiger partial charge in [-0.2, -0.15) is 13.2 Å². The van der Waals surface area contributed by atoms with E-state index in [1.54, 1.807) is 17.0 Å². The Hall–Kier alpha value is -3.50. The molecule has 0 bridgehead atoms. The van der Waals surface area contributed by atoms with Gasteiger partial charge in [-0.25, -0.2) is 0 Å². The summed E-state index contributed by atoms with van der Waals surface area (Å²) < 4.78 is 40.5. The highest BCUT2D eigenvalue weighted by atomic mass is 32.2. The van der Waals surface area contributed by atoms with Crippen LogP contribution in [0.5, 0.6) is 0 Å². The first-order valence-electron chi connectivity index (χ1n) is 12.4. The summed E-state index contributed by atoms with van der Waals surface area (Å²) in [6, 6.07) is 22.1. The Morgan fingerprint density at radius 1 is 0.816 bits per heavy atom. The number of hydrogen-bond donors (Lipinski definition) is 0. The summed E-state index contributed by atoms with van der Waals surface area (Å²) in [5.41, 5.74) is 1.67. The average molecular weight is 539 g/mol. The number of hydrogen-bond acceptors (Lipinski definition) is 5. The van der Waals surface area contributed by atoms with Gasteiger partial charge in [0, 0.05) is 43.1 Å². The van der Waals surface area contributed by atoms with Gasteiger partial charge in [0.25, 0.3) is 5.91 Å². The van der Waals surface area contributed by atoms with E-state index >= 15 is 0 Å². The van der Waals surface area contributed by atoms with Crippen molar-refractivity contribution in [2.45, 2.75) is 11.0 Å². The zero-order valence-electron chi connectivity index (χ0n) is 20.4.